The van der Waals surface area contributed by atoms with Crippen molar-refractivity contribution < 1.29 is 23.4 Å². The van der Waals surface area contributed by atoms with Crippen LogP contribution in [-0.2, 0) is 24.4 Å². The lowest BCUT2D eigenvalue weighted by atomic mass is 9.71. The predicted octanol–water partition coefficient (Wildman–Crippen LogP) is 4.07. The number of methoxy groups -OCH3 is 1. The minimum Gasteiger partial charge on any atom is -0.468 e. The lowest BCUT2D eigenvalue weighted by molar-refractivity contribution is -0.164. The molecule has 0 radical (unpaired) electrons. The number of hydrogen-bond donors (Lipinski definition) is 0. The molecule has 0 aliphatic carbocycles. The molecule has 4 nitrogen and oxygen atoms in total. The maximum Gasteiger partial charge on any atom is 0.321 e. The van der Waals surface area contributed by atoms with Crippen LogP contribution in [-0.4, -0.2) is 32.6 Å². The number of esters is 1. The number of ether oxygens (including phenoxy) is 3. The molecule has 0 saturated carbocycles. The topological polar surface area (TPSA) is 44.8 Å². The van der Waals surface area contributed by atoms with E-state index in [2.05, 4.69) is 0 Å². The Labute approximate surface area is 153 Å². The molecule has 1 unspecified atom stereocenters. The Kier molecular flexibility index (Phi) is 7.30. The molecule has 0 N–H and O–H groups in total. The van der Waals surface area contributed by atoms with Gasteiger partial charge in [-0.2, -0.15) is 0 Å². The van der Waals surface area contributed by atoms with E-state index >= 15 is 0 Å². The van der Waals surface area contributed by atoms with E-state index < -0.39 is 17.7 Å². The number of rotatable bonds is 9. The third-order valence-corrected chi connectivity index (χ3v) is 4.32. The third kappa shape index (κ3) is 4.29. The highest BCUT2D eigenvalue weighted by Crippen LogP contribution is 2.39. The maximum absolute atomic E-state index is 13.5. The molecule has 0 saturated heterocycles. The van der Waals surface area contributed by atoms with E-state index in [1.54, 1.807) is 12.1 Å². The molecule has 2 aromatic carbocycles. The van der Waals surface area contributed by atoms with Gasteiger partial charge in [0.05, 0.1) is 7.11 Å². The molecule has 0 heterocycles. The minimum atomic E-state index is -1.17. The van der Waals surface area contributed by atoms with Gasteiger partial charge in [-0.15, -0.1) is 0 Å². The van der Waals surface area contributed by atoms with Gasteiger partial charge in [-0.05, 0) is 37.1 Å². The largest absolute Gasteiger partial charge is 0.468 e. The van der Waals surface area contributed by atoms with Crippen molar-refractivity contribution in [2.45, 2.75) is 32.0 Å². The van der Waals surface area contributed by atoms with Gasteiger partial charge in [0.1, 0.15) is 11.2 Å². The number of carbonyl (C=O) groups is 1. The van der Waals surface area contributed by atoms with Crippen molar-refractivity contribution in [2.75, 3.05) is 20.3 Å². The Morgan fingerprint density at radius 3 is 2.00 bits per heavy atom. The molecule has 26 heavy (non-hydrogen) atoms. The molecule has 0 aliphatic heterocycles. The first-order chi connectivity index (χ1) is 12.6. The second-order valence-electron chi connectivity index (χ2n) is 5.81. The van der Waals surface area contributed by atoms with E-state index in [1.807, 2.05) is 44.2 Å². The Morgan fingerprint density at radius 2 is 1.50 bits per heavy atom. The summed E-state index contributed by atoms with van der Waals surface area (Å²) in [7, 11) is 1.35. The molecule has 5 heteroatoms. The zero-order chi connectivity index (χ0) is 19.0. The van der Waals surface area contributed by atoms with Crippen molar-refractivity contribution in [1.29, 1.82) is 0 Å². The summed E-state index contributed by atoms with van der Waals surface area (Å²) in [6.07, 6.45) is -0.383. The highest BCUT2D eigenvalue weighted by Gasteiger charge is 2.45. The van der Waals surface area contributed by atoms with Crippen LogP contribution in [0.3, 0.4) is 0 Å². The molecule has 0 aromatic heterocycles. The standard InChI is InChI=1S/C21H25FO4/c1-4-25-19(26-5-2)15-21(20(23)24-3,16-9-7-6-8-10-16)17-11-13-18(22)14-12-17/h6-14,19H,4-5,15H2,1-3H3. The van der Waals surface area contributed by atoms with Crippen LogP contribution >= 0.6 is 0 Å². The van der Waals surface area contributed by atoms with Crippen LogP contribution in [0.25, 0.3) is 0 Å². The highest BCUT2D eigenvalue weighted by atomic mass is 19.1. The number of benzene rings is 2. The number of carbonyl (C=O) groups excluding carboxylic acids is 1. The van der Waals surface area contributed by atoms with E-state index in [9.17, 15) is 9.18 Å². The second-order valence-corrected chi connectivity index (χ2v) is 5.81. The highest BCUT2D eigenvalue weighted by molar-refractivity contribution is 5.87. The first kappa shape index (κ1) is 20.1. The van der Waals surface area contributed by atoms with Crippen LogP contribution in [0.15, 0.2) is 54.6 Å². The SMILES string of the molecule is CCOC(CC(C(=O)OC)(c1ccccc1)c1ccc(F)cc1)OCC. The smallest absolute Gasteiger partial charge is 0.321 e. The summed E-state index contributed by atoms with van der Waals surface area (Å²) in [5.41, 5.74) is 0.197. The average molecular weight is 360 g/mol. The van der Waals surface area contributed by atoms with Gasteiger partial charge in [0.2, 0.25) is 0 Å². The zero-order valence-corrected chi connectivity index (χ0v) is 15.4. The third-order valence-electron chi connectivity index (χ3n) is 4.32. The van der Waals surface area contributed by atoms with Crippen molar-refractivity contribution in [3.8, 4) is 0 Å². The van der Waals surface area contributed by atoms with Crippen molar-refractivity contribution in [3.05, 3.63) is 71.5 Å². The fourth-order valence-corrected chi connectivity index (χ4v) is 3.14. The summed E-state index contributed by atoms with van der Waals surface area (Å²) < 4.78 is 30.1. The first-order valence-electron chi connectivity index (χ1n) is 8.71. The van der Waals surface area contributed by atoms with Crippen molar-refractivity contribution in [1.82, 2.24) is 0 Å². The van der Waals surface area contributed by atoms with E-state index in [4.69, 9.17) is 14.2 Å². The maximum atomic E-state index is 13.5. The van der Waals surface area contributed by atoms with Crippen LogP contribution in [0, 0.1) is 5.82 Å². The molecule has 0 fully saturated rings. The molecule has 2 aromatic rings. The first-order valence-corrected chi connectivity index (χ1v) is 8.71. The van der Waals surface area contributed by atoms with Crippen LogP contribution < -0.4 is 0 Å². The average Bonchev–Trinajstić information content (AvgIpc) is 2.67. The van der Waals surface area contributed by atoms with Gasteiger partial charge >= 0.3 is 5.97 Å². The van der Waals surface area contributed by atoms with Crippen LogP contribution in [0.4, 0.5) is 4.39 Å². The lowest BCUT2D eigenvalue weighted by Crippen LogP contribution is -2.42. The normalized spacial score (nSPS) is 13.4. The van der Waals surface area contributed by atoms with Gasteiger partial charge in [-0.1, -0.05) is 42.5 Å². The summed E-state index contributed by atoms with van der Waals surface area (Å²) in [6, 6.07) is 15.2. The summed E-state index contributed by atoms with van der Waals surface area (Å²) >= 11 is 0. The Morgan fingerprint density at radius 1 is 0.962 bits per heavy atom. The molecule has 0 spiro atoms. The van der Waals surface area contributed by atoms with E-state index in [0.29, 0.717) is 18.8 Å². The Balaban J connectivity index is 2.63. The summed E-state index contributed by atoms with van der Waals surface area (Å²) in [5.74, 6) is -0.813. The van der Waals surface area contributed by atoms with Crippen LogP contribution in [0.5, 0.6) is 0 Å². The number of hydrogen-bond acceptors (Lipinski definition) is 4. The zero-order valence-electron chi connectivity index (χ0n) is 15.4. The quantitative estimate of drug-likeness (QED) is 0.499. The van der Waals surface area contributed by atoms with Crippen molar-refractivity contribution >= 4 is 5.97 Å². The van der Waals surface area contributed by atoms with Crippen LogP contribution in [0.1, 0.15) is 31.4 Å². The molecule has 0 bridgehead atoms. The van der Waals surface area contributed by atoms with Gasteiger partial charge in [-0.25, -0.2) is 4.39 Å². The fourth-order valence-electron chi connectivity index (χ4n) is 3.14. The van der Waals surface area contributed by atoms with Crippen molar-refractivity contribution in [2.24, 2.45) is 0 Å². The molecule has 140 valence electrons. The minimum absolute atomic E-state index is 0.219. The van der Waals surface area contributed by atoms with Gasteiger partial charge in [0.15, 0.2) is 6.29 Å². The fraction of sp³-hybridized carbons (Fsp3) is 0.381. The number of halogens is 1. The van der Waals surface area contributed by atoms with E-state index in [-0.39, 0.29) is 12.2 Å². The predicted molar refractivity (Wildman–Crippen MR) is 97.3 cm³/mol. The molecule has 0 amide bonds. The summed E-state index contributed by atoms with van der Waals surface area (Å²) in [6.45, 7) is 4.62. The van der Waals surface area contributed by atoms with Crippen molar-refractivity contribution in [3.63, 3.8) is 0 Å². The van der Waals surface area contributed by atoms with Gasteiger partial charge < -0.3 is 14.2 Å². The van der Waals surface area contributed by atoms with Gasteiger partial charge in [0.25, 0.3) is 0 Å². The van der Waals surface area contributed by atoms with E-state index in [1.165, 1.54) is 19.2 Å². The Bertz CT molecular complexity index is 681. The molecule has 2 rings (SSSR count). The molecule has 0 aliphatic rings. The van der Waals surface area contributed by atoms with Gasteiger partial charge in [0, 0.05) is 19.6 Å². The molecular weight excluding hydrogens is 335 g/mol. The van der Waals surface area contributed by atoms with Gasteiger partial charge in [-0.3, -0.25) is 4.79 Å². The van der Waals surface area contributed by atoms with E-state index in [0.717, 1.165) is 5.56 Å². The molecule has 1 atom stereocenters. The monoisotopic (exact) mass is 360 g/mol. The molecular formula is C21H25FO4. The lowest BCUT2D eigenvalue weighted by Gasteiger charge is -2.35. The Hall–Kier alpha value is -2.24. The summed E-state index contributed by atoms with van der Waals surface area (Å²) in [5, 5.41) is 0. The second kappa shape index (κ2) is 9.46. The van der Waals surface area contributed by atoms with Crippen LogP contribution in [0.2, 0.25) is 0 Å². The summed E-state index contributed by atoms with van der Waals surface area (Å²) in [4.78, 5) is 13.0.